The predicted molar refractivity (Wildman–Crippen MR) is 79.3 cm³/mol. The molecule has 2 heterocycles. The Morgan fingerprint density at radius 2 is 2.21 bits per heavy atom. The molecule has 0 saturated carbocycles. The van der Waals surface area contributed by atoms with Crippen molar-refractivity contribution in [2.75, 3.05) is 11.9 Å². The zero-order chi connectivity index (χ0) is 14.0. The van der Waals surface area contributed by atoms with Crippen LogP contribution in [0, 0.1) is 5.92 Å². The molecule has 2 N–H and O–H groups in total. The molecule has 0 bridgehead atoms. The van der Waals surface area contributed by atoms with Crippen LogP contribution in [-0.2, 0) is 0 Å². The summed E-state index contributed by atoms with van der Waals surface area (Å²) in [7, 11) is 0. The van der Waals surface area contributed by atoms with Crippen molar-refractivity contribution in [3.63, 3.8) is 0 Å². The lowest BCUT2D eigenvalue weighted by molar-refractivity contribution is 0.0514. The number of hydrogen-bond donors (Lipinski definition) is 2. The number of anilines is 1. The van der Waals surface area contributed by atoms with Gasteiger partial charge in [-0.1, -0.05) is 13.8 Å². The monoisotopic (exact) mass is 326 g/mol. The lowest BCUT2D eigenvalue weighted by atomic mass is 9.94. The molecule has 19 heavy (non-hydrogen) atoms. The van der Waals surface area contributed by atoms with E-state index in [9.17, 15) is 5.11 Å². The van der Waals surface area contributed by atoms with E-state index in [1.165, 1.54) is 0 Å². The highest BCUT2D eigenvalue weighted by Gasteiger charge is 2.22. The first-order valence-electron chi connectivity index (χ1n) is 6.34. The third kappa shape index (κ3) is 3.91. The van der Waals surface area contributed by atoms with Crippen molar-refractivity contribution in [1.82, 2.24) is 14.6 Å². The quantitative estimate of drug-likeness (QED) is 0.886. The summed E-state index contributed by atoms with van der Waals surface area (Å²) in [4.78, 5) is 4.34. The molecule has 1 unspecified atom stereocenters. The maximum Gasteiger partial charge on any atom is 0.243 e. The number of nitrogens with one attached hydrogen (secondary N) is 1. The summed E-state index contributed by atoms with van der Waals surface area (Å²) in [6.45, 7) is 6.44. The van der Waals surface area contributed by atoms with Gasteiger partial charge >= 0.3 is 0 Å². The molecule has 104 valence electrons. The molecular formula is C13H19BrN4O. The Hall–Kier alpha value is -1.14. The van der Waals surface area contributed by atoms with Crippen molar-refractivity contribution in [3.8, 4) is 0 Å². The number of nitrogens with zero attached hydrogens (tertiary/aromatic N) is 3. The second-order valence-corrected chi connectivity index (χ2v) is 6.45. The minimum absolute atomic E-state index is 0.434. The van der Waals surface area contributed by atoms with E-state index in [2.05, 4.69) is 45.2 Å². The van der Waals surface area contributed by atoms with Crippen LogP contribution in [0.5, 0.6) is 0 Å². The number of aromatic nitrogens is 3. The first-order chi connectivity index (χ1) is 8.85. The topological polar surface area (TPSA) is 62.5 Å². The fourth-order valence-corrected chi connectivity index (χ4v) is 2.48. The minimum atomic E-state index is -0.758. The second kappa shape index (κ2) is 5.46. The predicted octanol–water partition coefficient (Wildman–Crippen LogP) is 2.70. The average molecular weight is 327 g/mol. The van der Waals surface area contributed by atoms with Crippen molar-refractivity contribution in [2.24, 2.45) is 5.92 Å². The third-order valence-corrected chi connectivity index (χ3v) is 3.24. The molecule has 0 aliphatic carbocycles. The first-order valence-corrected chi connectivity index (χ1v) is 7.13. The maximum atomic E-state index is 10.2. The van der Waals surface area contributed by atoms with Gasteiger partial charge in [-0.2, -0.15) is 4.98 Å². The molecule has 6 heteroatoms. The van der Waals surface area contributed by atoms with Gasteiger partial charge in [0.1, 0.15) is 0 Å². The zero-order valence-corrected chi connectivity index (χ0v) is 13.0. The van der Waals surface area contributed by atoms with Gasteiger partial charge in [0.25, 0.3) is 0 Å². The van der Waals surface area contributed by atoms with E-state index in [4.69, 9.17) is 0 Å². The molecule has 2 aromatic heterocycles. The fraction of sp³-hybridized carbons (Fsp3) is 0.538. The number of hydrogen-bond acceptors (Lipinski definition) is 4. The number of halogens is 1. The molecule has 0 spiro atoms. The normalized spacial score (nSPS) is 14.8. The molecule has 2 aromatic rings. The van der Waals surface area contributed by atoms with Crippen LogP contribution in [0.2, 0.25) is 0 Å². The van der Waals surface area contributed by atoms with E-state index in [-0.39, 0.29) is 0 Å². The van der Waals surface area contributed by atoms with Crippen LogP contribution in [0.4, 0.5) is 5.95 Å². The Bertz CT molecular complexity index is 565. The Labute approximate surface area is 121 Å². The number of rotatable bonds is 5. The molecule has 0 amide bonds. The van der Waals surface area contributed by atoms with Crippen LogP contribution in [0.3, 0.4) is 0 Å². The van der Waals surface area contributed by atoms with Crippen molar-refractivity contribution in [1.29, 1.82) is 0 Å². The maximum absolute atomic E-state index is 10.2. The van der Waals surface area contributed by atoms with Gasteiger partial charge in [-0.25, -0.2) is 4.52 Å². The lowest BCUT2D eigenvalue weighted by Gasteiger charge is -2.25. The summed E-state index contributed by atoms with van der Waals surface area (Å²) in [6, 6.07) is 3.80. The highest BCUT2D eigenvalue weighted by atomic mass is 79.9. The lowest BCUT2D eigenvalue weighted by Crippen LogP contribution is -2.35. The number of pyridine rings is 1. The largest absolute Gasteiger partial charge is 0.388 e. The van der Waals surface area contributed by atoms with E-state index in [1.807, 2.05) is 25.3 Å². The summed E-state index contributed by atoms with van der Waals surface area (Å²) in [5.41, 5.74) is 0.0147. The van der Waals surface area contributed by atoms with E-state index in [0.29, 0.717) is 18.4 Å². The standard InChI is InChI=1S/C13H19BrN4O/c1-9(2)6-13(3,19)8-15-12-16-11-5-4-10(14)7-18(11)17-12/h4-5,7,9,19H,6,8H2,1-3H3,(H,15,17). The Morgan fingerprint density at radius 1 is 1.47 bits per heavy atom. The van der Waals surface area contributed by atoms with Gasteiger partial charge in [0.2, 0.25) is 5.95 Å². The van der Waals surface area contributed by atoms with Crippen molar-refractivity contribution in [2.45, 2.75) is 32.8 Å². The van der Waals surface area contributed by atoms with Crippen LogP contribution in [-0.4, -0.2) is 31.9 Å². The van der Waals surface area contributed by atoms with E-state index < -0.39 is 5.60 Å². The average Bonchev–Trinajstić information content (AvgIpc) is 2.66. The van der Waals surface area contributed by atoms with Crippen molar-refractivity contribution < 1.29 is 5.11 Å². The van der Waals surface area contributed by atoms with Gasteiger partial charge in [0.05, 0.1) is 5.60 Å². The SMILES string of the molecule is CC(C)CC(C)(O)CNc1nc2ccc(Br)cn2n1. The minimum Gasteiger partial charge on any atom is -0.388 e. The summed E-state index contributed by atoms with van der Waals surface area (Å²) in [5.74, 6) is 0.976. The van der Waals surface area contributed by atoms with Gasteiger partial charge in [-0.3, -0.25) is 0 Å². The van der Waals surface area contributed by atoms with Crippen LogP contribution >= 0.6 is 15.9 Å². The summed E-state index contributed by atoms with van der Waals surface area (Å²) >= 11 is 3.39. The second-order valence-electron chi connectivity index (χ2n) is 5.53. The summed E-state index contributed by atoms with van der Waals surface area (Å²) in [5, 5.41) is 17.6. The van der Waals surface area contributed by atoms with Gasteiger partial charge in [-0.05, 0) is 47.3 Å². The van der Waals surface area contributed by atoms with Gasteiger partial charge in [0.15, 0.2) is 5.65 Å². The molecule has 0 fully saturated rings. The highest BCUT2D eigenvalue weighted by molar-refractivity contribution is 9.10. The fourth-order valence-electron chi connectivity index (χ4n) is 2.15. The molecule has 5 nitrogen and oxygen atoms in total. The Balaban J connectivity index is 2.05. The van der Waals surface area contributed by atoms with Crippen LogP contribution < -0.4 is 5.32 Å². The van der Waals surface area contributed by atoms with Gasteiger partial charge < -0.3 is 10.4 Å². The zero-order valence-electron chi connectivity index (χ0n) is 11.4. The van der Waals surface area contributed by atoms with Crippen molar-refractivity contribution in [3.05, 3.63) is 22.8 Å². The number of fused-ring (bicyclic) bond motifs is 1. The molecule has 0 aliphatic rings. The first kappa shape index (κ1) is 14.3. The van der Waals surface area contributed by atoms with Crippen LogP contribution in [0.1, 0.15) is 27.2 Å². The molecule has 1 atom stereocenters. The van der Waals surface area contributed by atoms with Crippen molar-refractivity contribution >= 4 is 27.5 Å². The van der Waals surface area contributed by atoms with E-state index in [0.717, 1.165) is 16.5 Å². The van der Waals surface area contributed by atoms with Crippen LogP contribution in [0.15, 0.2) is 22.8 Å². The third-order valence-electron chi connectivity index (χ3n) is 2.77. The van der Waals surface area contributed by atoms with Gasteiger partial charge in [-0.15, -0.1) is 5.10 Å². The van der Waals surface area contributed by atoms with Gasteiger partial charge in [0, 0.05) is 17.2 Å². The molecule has 0 aliphatic heterocycles. The molecule has 2 rings (SSSR count). The highest BCUT2D eigenvalue weighted by Crippen LogP contribution is 2.17. The summed E-state index contributed by atoms with van der Waals surface area (Å²) < 4.78 is 2.65. The molecule has 0 aromatic carbocycles. The van der Waals surface area contributed by atoms with E-state index in [1.54, 1.807) is 4.52 Å². The Morgan fingerprint density at radius 3 is 2.89 bits per heavy atom. The molecular weight excluding hydrogens is 308 g/mol. The molecule has 0 radical (unpaired) electrons. The number of aliphatic hydroxyl groups is 1. The Kier molecular flexibility index (Phi) is 4.10. The smallest absolute Gasteiger partial charge is 0.243 e. The molecule has 0 saturated heterocycles. The van der Waals surface area contributed by atoms with E-state index >= 15 is 0 Å². The summed E-state index contributed by atoms with van der Waals surface area (Å²) in [6.07, 6.45) is 2.58. The van der Waals surface area contributed by atoms with Crippen LogP contribution in [0.25, 0.3) is 5.65 Å².